The Morgan fingerprint density at radius 2 is 2.21 bits per heavy atom. The molecule has 3 unspecified atom stereocenters. The number of benzene rings is 1. The summed E-state index contributed by atoms with van der Waals surface area (Å²) < 4.78 is 2.32. The summed E-state index contributed by atoms with van der Waals surface area (Å²) in [5.74, 6) is 0.749. The maximum absolute atomic E-state index is 12.2. The molecule has 0 spiro atoms. The van der Waals surface area contributed by atoms with Gasteiger partial charge in [-0.2, -0.15) is 0 Å². The van der Waals surface area contributed by atoms with Gasteiger partial charge in [-0.25, -0.2) is 0 Å². The number of amides is 1. The van der Waals surface area contributed by atoms with Crippen molar-refractivity contribution in [2.75, 3.05) is 36.5 Å². The van der Waals surface area contributed by atoms with E-state index in [-0.39, 0.29) is 5.91 Å². The van der Waals surface area contributed by atoms with Crippen molar-refractivity contribution in [1.82, 2.24) is 4.67 Å². The van der Waals surface area contributed by atoms with Crippen molar-refractivity contribution in [3.05, 3.63) is 23.8 Å². The minimum absolute atomic E-state index is 0.207. The van der Waals surface area contributed by atoms with E-state index in [1.54, 1.807) is 0 Å². The van der Waals surface area contributed by atoms with Crippen LogP contribution >= 0.6 is 9.39 Å². The van der Waals surface area contributed by atoms with E-state index in [0.29, 0.717) is 18.5 Å². The SMILES string of the molecule is CN1C(=O)CN2c3c(cccc31)C1CN(P)CCC12. The number of piperidine rings is 1. The van der Waals surface area contributed by atoms with Gasteiger partial charge >= 0.3 is 0 Å². The fourth-order valence-electron chi connectivity index (χ4n) is 3.82. The van der Waals surface area contributed by atoms with Crippen molar-refractivity contribution < 1.29 is 4.79 Å². The zero-order valence-corrected chi connectivity index (χ0v) is 12.2. The molecule has 0 bridgehead atoms. The van der Waals surface area contributed by atoms with Crippen LogP contribution < -0.4 is 9.80 Å². The summed E-state index contributed by atoms with van der Waals surface area (Å²) in [5.41, 5.74) is 3.81. The molecule has 1 aromatic carbocycles. The smallest absolute Gasteiger partial charge is 0.246 e. The lowest BCUT2D eigenvalue weighted by atomic mass is 9.90. The molecule has 0 aromatic heterocycles. The first-order chi connectivity index (χ1) is 9.16. The minimum atomic E-state index is 0.207. The molecule has 3 heterocycles. The van der Waals surface area contributed by atoms with Crippen molar-refractivity contribution in [2.24, 2.45) is 0 Å². The molecule has 1 saturated heterocycles. The highest BCUT2D eigenvalue weighted by Crippen LogP contribution is 2.50. The third-order valence-corrected chi connectivity index (χ3v) is 5.25. The first kappa shape index (κ1) is 11.7. The van der Waals surface area contributed by atoms with Gasteiger partial charge in [0.1, 0.15) is 0 Å². The second-order valence-corrected chi connectivity index (χ2v) is 6.48. The average molecular weight is 275 g/mol. The van der Waals surface area contributed by atoms with E-state index in [4.69, 9.17) is 0 Å². The number of nitrogens with zero attached hydrogens (tertiary/aromatic N) is 3. The van der Waals surface area contributed by atoms with Gasteiger partial charge in [-0.05, 0) is 18.1 Å². The van der Waals surface area contributed by atoms with Crippen molar-refractivity contribution in [2.45, 2.75) is 18.4 Å². The number of rotatable bonds is 0. The van der Waals surface area contributed by atoms with E-state index in [2.05, 4.69) is 37.2 Å². The van der Waals surface area contributed by atoms with Crippen molar-refractivity contribution in [3.8, 4) is 0 Å². The number of carbonyl (C=O) groups is 1. The van der Waals surface area contributed by atoms with Gasteiger partial charge < -0.3 is 9.80 Å². The van der Waals surface area contributed by atoms with E-state index >= 15 is 0 Å². The molecule has 0 aliphatic carbocycles. The Morgan fingerprint density at radius 3 is 3.05 bits per heavy atom. The van der Waals surface area contributed by atoms with Gasteiger partial charge in [0.15, 0.2) is 0 Å². The monoisotopic (exact) mass is 275 g/mol. The Labute approximate surface area is 115 Å². The molecule has 1 amide bonds. The summed E-state index contributed by atoms with van der Waals surface area (Å²) in [6, 6.07) is 6.90. The number of anilines is 2. The number of hydrogen-bond donors (Lipinski definition) is 0. The van der Waals surface area contributed by atoms with Crippen LogP contribution in [0.2, 0.25) is 0 Å². The van der Waals surface area contributed by atoms with Gasteiger partial charge in [0, 0.05) is 32.1 Å². The normalized spacial score (nSPS) is 29.5. The summed E-state index contributed by atoms with van der Waals surface area (Å²) in [4.78, 5) is 16.3. The predicted molar refractivity (Wildman–Crippen MR) is 79.6 cm³/mol. The molecule has 0 N–H and O–H groups in total. The zero-order valence-electron chi connectivity index (χ0n) is 11.0. The first-order valence-corrected chi connectivity index (χ1v) is 7.34. The Morgan fingerprint density at radius 1 is 1.37 bits per heavy atom. The van der Waals surface area contributed by atoms with Gasteiger partial charge in [-0.15, -0.1) is 0 Å². The molecule has 1 aromatic rings. The summed E-state index contributed by atoms with van der Waals surface area (Å²) in [5, 5.41) is 0. The Bertz CT molecular complexity index is 562. The fraction of sp³-hybridized carbons (Fsp3) is 0.500. The highest BCUT2D eigenvalue weighted by molar-refractivity contribution is 7.13. The molecule has 100 valence electrons. The van der Waals surface area contributed by atoms with Crippen molar-refractivity contribution in [1.29, 1.82) is 0 Å². The second-order valence-electron chi connectivity index (χ2n) is 5.75. The van der Waals surface area contributed by atoms with Crippen LogP contribution in [-0.2, 0) is 4.79 Å². The zero-order chi connectivity index (χ0) is 13.1. The molecule has 1 fully saturated rings. The lowest BCUT2D eigenvalue weighted by Crippen LogP contribution is -2.49. The molecule has 0 radical (unpaired) electrons. The average Bonchev–Trinajstić information content (AvgIpc) is 2.71. The highest BCUT2D eigenvalue weighted by atomic mass is 31.0. The third kappa shape index (κ3) is 1.50. The topological polar surface area (TPSA) is 26.8 Å². The summed E-state index contributed by atoms with van der Waals surface area (Å²) >= 11 is 0. The lowest BCUT2D eigenvalue weighted by molar-refractivity contribution is -0.117. The van der Waals surface area contributed by atoms with E-state index in [9.17, 15) is 4.79 Å². The maximum atomic E-state index is 12.2. The number of para-hydroxylation sites is 1. The van der Waals surface area contributed by atoms with Crippen LogP contribution in [0.4, 0.5) is 11.4 Å². The number of likely N-dealkylation sites (N-methyl/N-ethyl adjacent to an activating group) is 1. The van der Waals surface area contributed by atoms with Crippen molar-refractivity contribution in [3.63, 3.8) is 0 Å². The molecule has 3 atom stereocenters. The number of fused-ring (bicyclic) bond motifs is 3. The van der Waals surface area contributed by atoms with Crippen LogP contribution in [0.3, 0.4) is 0 Å². The van der Waals surface area contributed by atoms with Gasteiger partial charge in [0.25, 0.3) is 0 Å². The van der Waals surface area contributed by atoms with Gasteiger partial charge in [-0.1, -0.05) is 21.5 Å². The van der Waals surface area contributed by atoms with E-state index in [0.717, 1.165) is 25.2 Å². The van der Waals surface area contributed by atoms with E-state index in [1.165, 1.54) is 11.3 Å². The first-order valence-electron chi connectivity index (χ1n) is 6.82. The van der Waals surface area contributed by atoms with E-state index in [1.807, 2.05) is 11.9 Å². The third-order valence-electron chi connectivity index (χ3n) is 4.78. The Balaban J connectivity index is 1.88. The highest BCUT2D eigenvalue weighted by Gasteiger charge is 2.45. The Hall–Kier alpha value is -1.12. The van der Waals surface area contributed by atoms with Crippen LogP contribution in [0.1, 0.15) is 17.9 Å². The molecule has 0 saturated carbocycles. The molecule has 4 nitrogen and oxygen atoms in total. The van der Waals surface area contributed by atoms with Crippen LogP contribution in [0.25, 0.3) is 0 Å². The van der Waals surface area contributed by atoms with Gasteiger partial charge in [-0.3, -0.25) is 9.46 Å². The number of hydrogen-bond acceptors (Lipinski definition) is 3. The quantitative estimate of drug-likeness (QED) is 0.670. The second kappa shape index (κ2) is 3.94. The van der Waals surface area contributed by atoms with Crippen molar-refractivity contribution >= 4 is 26.7 Å². The standard InChI is InChI=1S/C14H18N3OP/c1-15-12-4-2-3-9-10-7-16(19)6-5-11(10)17(14(9)12)8-13(15)18/h2-4,10-11H,5-8,19H2,1H3. The van der Waals surface area contributed by atoms with Crippen LogP contribution in [-0.4, -0.2) is 43.3 Å². The summed E-state index contributed by atoms with van der Waals surface area (Å²) in [6.45, 7) is 2.70. The molecule has 3 aliphatic heterocycles. The molecular weight excluding hydrogens is 257 g/mol. The lowest BCUT2D eigenvalue weighted by Gasteiger charge is -2.39. The molecule has 19 heavy (non-hydrogen) atoms. The minimum Gasteiger partial charge on any atom is -0.357 e. The molecular formula is C14H18N3OP. The molecule has 5 heteroatoms. The molecule has 3 aliphatic rings. The summed E-state index contributed by atoms with van der Waals surface area (Å²) in [6.07, 6.45) is 1.14. The largest absolute Gasteiger partial charge is 0.357 e. The fourth-order valence-corrected chi connectivity index (χ4v) is 4.20. The van der Waals surface area contributed by atoms with Gasteiger partial charge in [0.05, 0.1) is 17.9 Å². The predicted octanol–water partition coefficient (Wildman–Crippen LogP) is 1.43. The van der Waals surface area contributed by atoms with Crippen LogP contribution in [0, 0.1) is 0 Å². The van der Waals surface area contributed by atoms with Crippen LogP contribution in [0.15, 0.2) is 18.2 Å². The van der Waals surface area contributed by atoms with E-state index < -0.39 is 0 Å². The molecule has 4 rings (SSSR count). The number of carbonyl (C=O) groups excluding carboxylic acids is 1. The van der Waals surface area contributed by atoms with Gasteiger partial charge in [0.2, 0.25) is 5.91 Å². The maximum Gasteiger partial charge on any atom is 0.246 e. The van der Waals surface area contributed by atoms with Crippen LogP contribution in [0.5, 0.6) is 0 Å². The summed E-state index contributed by atoms with van der Waals surface area (Å²) in [7, 11) is 4.71. The Kier molecular flexibility index (Phi) is 2.42.